The zero-order valence-electron chi connectivity index (χ0n) is 6.37. The number of rotatable bonds is 0. The molecule has 0 N–H and O–H groups in total. The van der Waals surface area contributed by atoms with Crippen LogP contribution in [0.15, 0.2) is 22.4 Å². The van der Waals surface area contributed by atoms with E-state index in [1.54, 1.807) is 0 Å². The van der Waals surface area contributed by atoms with E-state index in [2.05, 4.69) is 10.2 Å². The van der Waals surface area contributed by atoms with Gasteiger partial charge >= 0.3 is 0 Å². The number of amides is 1. The van der Waals surface area contributed by atoms with Crippen LogP contribution in [0.1, 0.15) is 21.5 Å². The van der Waals surface area contributed by atoms with Gasteiger partial charge in [-0.25, -0.2) is 0 Å². The van der Waals surface area contributed by atoms with Crippen molar-refractivity contribution >= 4 is 11.6 Å². The Labute approximate surface area is 69.1 Å². The fourth-order valence-electron chi connectivity index (χ4n) is 1.85. The van der Waals surface area contributed by atoms with Crippen molar-refractivity contribution in [3.05, 3.63) is 28.8 Å². The van der Waals surface area contributed by atoms with Crippen LogP contribution in [-0.4, -0.2) is 5.91 Å². The fourth-order valence-corrected chi connectivity index (χ4v) is 1.85. The molecule has 1 aromatic carbocycles. The first-order valence-electron chi connectivity index (χ1n) is 3.97. The molecule has 1 aliphatic heterocycles. The first-order valence-corrected chi connectivity index (χ1v) is 3.97. The van der Waals surface area contributed by atoms with Crippen LogP contribution in [0.25, 0.3) is 0 Å². The number of nitrogens with zero attached hydrogens (tertiary/aromatic N) is 2. The minimum absolute atomic E-state index is 0.165. The van der Waals surface area contributed by atoms with Gasteiger partial charge in [-0.15, -0.1) is 10.2 Å². The highest BCUT2D eigenvalue weighted by Gasteiger charge is 2.27. The Hall–Kier alpha value is -1.51. The number of azo groups is 1. The van der Waals surface area contributed by atoms with Crippen LogP contribution in [0.5, 0.6) is 0 Å². The third kappa shape index (κ3) is 0.548. The average molecular weight is 158 g/mol. The molecule has 0 atom stereocenters. The predicted molar refractivity (Wildman–Crippen MR) is 42.7 cm³/mol. The molecule has 1 amide bonds. The molecule has 3 aliphatic rings. The summed E-state index contributed by atoms with van der Waals surface area (Å²) in [6.07, 6.45) is 1.98. The summed E-state index contributed by atoms with van der Waals surface area (Å²) >= 11 is 0. The van der Waals surface area contributed by atoms with E-state index < -0.39 is 0 Å². The molecule has 0 radical (unpaired) electrons. The monoisotopic (exact) mass is 158 g/mol. The van der Waals surface area contributed by atoms with Gasteiger partial charge in [-0.05, 0) is 24.0 Å². The molecule has 4 rings (SSSR count). The van der Waals surface area contributed by atoms with Crippen LogP contribution in [0, 0.1) is 0 Å². The van der Waals surface area contributed by atoms with Crippen molar-refractivity contribution in [2.75, 3.05) is 0 Å². The zero-order chi connectivity index (χ0) is 8.13. The first kappa shape index (κ1) is 6.06. The molecular weight excluding hydrogens is 152 g/mol. The smallest absolute Gasteiger partial charge is 0.265 e. The number of aryl methyl sites for hydroxylation is 2. The van der Waals surface area contributed by atoms with Gasteiger partial charge in [0.2, 0.25) is 0 Å². The lowest BCUT2D eigenvalue weighted by atomic mass is 9.89. The van der Waals surface area contributed by atoms with Gasteiger partial charge in [0.05, 0.1) is 5.56 Å². The minimum atomic E-state index is -0.165. The number of hydrogen-bond donors (Lipinski definition) is 0. The maximum Gasteiger partial charge on any atom is 0.297 e. The maximum atomic E-state index is 11.2. The van der Waals surface area contributed by atoms with Gasteiger partial charge in [0.25, 0.3) is 5.91 Å². The Balaban J connectivity index is 2.45. The molecule has 2 aliphatic carbocycles. The molecular formula is C9H6N2O. The number of carbonyl (C=O) groups is 1. The van der Waals surface area contributed by atoms with Crippen molar-refractivity contribution in [3.8, 4) is 0 Å². The molecule has 2 bridgehead atoms. The Kier molecular flexibility index (Phi) is 0.909. The second kappa shape index (κ2) is 1.80. The van der Waals surface area contributed by atoms with Crippen molar-refractivity contribution in [2.45, 2.75) is 12.8 Å². The van der Waals surface area contributed by atoms with Crippen LogP contribution in [0.3, 0.4) is 0 Å². The average Bonchev–Trinajstić information content (AvgIpc) is 2.53. The van der Waals surface area contributed by atoms with E-state index in [0.717, 1.165) is 35.2 Å². The predicted octanol–water partition coefficient (Wildman–Crippen LogP) is 2.02. The molecule has 3 nitrogen and oxygen atoms in total. The second-order valence-electron chi connectivity index (χ2n) is 3.11. The number of fused-ring (bicyclic) bond motifs is 2. The van der Waals surface area contributed by atoms with Gasteiger partial charge in [0, 0.05) is 0 Å². The Morgan fingerprint density at radius 3 is 2.50 bits per heavy atom. The molecule has 12 heavy (non-hydrogen) atoms. The number of hydrogen-bond acceptors (Lipinski definition) is 2. The van der Waals surface area contributed by atoms with Gasteiger partial charge in [-0.1, -0.05) is 12.1 Å². The van der Waals surface area contributed by atoms with Crippen LogP contribution < -0.4 is 0 Å². The highest BCUT2D eigenvalue weighted by molar-refractivity contribution is 6.04. The standard InChI is InChI=1S/C9H6N2O/c12-9-7-5-1-3-6(4-2-5)8(7)10-11-9/h1,3H,2,4H2. The van der Waals surface area contributed by atoms with Crippen molar-refractivity contribution in [1.29, 1.82) is 0 Å². The molecule has 3 heteroatoms. The van der Waals surface area contributed by atoms with E-state index in [1.807, 2.05) is 12.1 Å². The van der Waals surface area contributed by atoms with Crippen molar-refractivity contribution in [3.63, 3.8) is 0 Å². The van der Waals surface area contributed by atoms with Gasteiger partial charge in [0.1, 0.15) is 5.69 Å². The molecule has 0 fully saturated rings. The number of benzene rings is 1. The highest BCUT2D eigenvalue weighted by Crippen LogP contribution is 2.38. The molecule has 0 unspecified atom stereocenters. The maximum absolute atomic E-state index is 11.2. The largest absolute Gasteiger partial charge is 0.297 e. The molecule has 0 saturated heterocycles. The molecule has 58 valence electrons. The van der Waals surface area contributed by atoms with Crippen LogP contribution >= 0.6 is 0 Å². The summed E-state index contributed by atoms with van der Waals surface area (Å²) in [4.78, 5) is 11.2. The summed E-state index contributed by atoms with van der Waals surface area (Å²) in [7, 11) is 0. The van der Waals surface area contributed by atoms with E-state index in [9.17, 15) is 4.79 Å². The Bertz CT molecular complexity index is 421. The van der Waals surface area contributed by atoms with Crippen molar-refractivity contribution in [2.24, 2.45) is 10.2 Å². The summed E-state index contributed by atoms with van der Waals surface area (Å²) in [5.74, 6) is -0.165. The fraction of sp³-hybridized carbons (Fsp3) is 0.222. The van der Waals surface area contributed by atoms with E-state index >= 15 is 0 Å². The van der Waals surface area contributed by atoms with Gasteiger partial charge in [0.15, 0.2) is 0 Å². The van der Waals surface area contributed by atoms with E-state index in [4.69, 9.17) is 0 Å². The highest BCUT2D eigenvalue weighted by atomic mass is 16.2. The minimum Gasteiger partial charge on any atom is -0.265 e. The Morgan fingerprint density at radius 1 is 1.08 bits per heavy atom. The van der Waals surface area contributed by atoms with E-state index in [0.29, 0.717) is 0 Å². The zero-order valence-corrected chi connectivity index (χ0v) is 6.37. The van der Waals surface area contributed by atoms with Crippen molar-refractivity contribution in [1.82, 2.24) is 0 Å². The van der Waals surface area contributed by atoms with Crippen LogP contribution in [0.4, 0.5) is 5.69 Å². The van der Waals surface area contributed by atoms with Gasteiger partial charge < -0.3 is 0 Å². The summed E-state index contributed by atoms with van der Waals surface area (Å²) in [6, 6.07) is 4.04. The lowest BCUT2D eigenvalue weighted by Crippen LogP contribution is -2.07. The SMILES string of the molecule is O=C1N=Nc2c3ccc(c21)CC3. The van der Waals surface area contributed by atoms with Gasteiger partial charge in [-0.3, -0.25) is 4.79 Å². The topological polar surface area (TPSA) is 41.8 Å². The molecule has 1 aromatic rings. The normalized spacial score (nSPS) is 17.2. The molecule has 0 saturated carbocycles. The van der Waals surface area contributed by atoms with Crippen molar-refractivity contribution < 1.29 is 4.79 Å². The van der Waals surface area contributed by atoms with Crippen LogP contribution in [0.2, 0.25) is 0 Å². The molecule has 0 aromatic heterocycles. The summed E-state index contributed by atoms with van der Waals surface area (Å²) in [6.45, 7) is 0. The lowest BCUT2D eigenvalue weighted by Gasteiger charge is -2.15. The van der Waals surface area contributed by atoms with Crippen LogP contribution in [-0.2, 0) is 12.8 Å². The third-order valence-electron chi connectivity index (χ3n) is 2.47. The lowest BCUT2D eigenvalue weighted by molar-refractivity contribution is 0.100. The van der Waals surface area contributed by atoms with Gasteiger partial charge in [-0.2, -0.15) is 0 Å². The molecule has 0 spiro atoms. The first-order chi connectivity index (χ1) is 5.86. The Morgan fingerprint density at radius 2 is 1.83 bits per heavy atom. The second-order valence-corrected chi connectivity index (χ2v) is 3.11. The third-order valence-corrected chi connectivity index (χ3v) is 2.47. The summed E-state index contributed by atoms with van der Waals surface area (Å²) in [5.41, 5.74) is 3.84. The summed E-state index contributed by atoms with van der Waals surface area (Å²) in [5, 5.41) is 7.42. The van der Waals surface area contributed by atoms with E-state index in [-0.39, 0.29) is 5.91 Å². The molecule has 1 heterocycles. The summed E-state index contributed by atoms with van der Waals surface area (Å²) < 4.78 is 0. The quantitative estimate of drug-likeness (QED) is 0.569. The number of carbonyl (C=O) groups excluding carboxylic acids is 1. The van der Waals surface area contributed by atoms with E-state index in [1.165, 1.54) is 0 Å².